The molecule has 0 spiro atoms. The Balaban J connectivity index is 2.40. The minimum Gasteiger partial charge on any atom is -0.497 e. The predicted molar refractivity (Wildman–Crippen MR) is 142 cm³/mol. The summed E-state index contributed by atoms with van der Waals surface area (Å²) < 4.78 is 44.9. The quantitative estimate of drug-likeness (QED) is 0.285. The number of methoxy groups -OCH3 is 1. The van der Waals surface area contributed by atoms with Crippen molar-refractivity contribution in [2.24, 2.45) is 11.7 Å². The summed E-state index contributed by atoms with van der Waals surface area (Å²) in [5.74, 6) is -4.86. The number of carbonyl (C=O) groups excluding carboxylic acids is 4. The zero-order chi connectivity index (χ0) is 30.2. The van der Waals surface area contributed by atoms with Crippen molar-refractivity contribution in [2.75, 3.05) is 7.11 Å². The molecule has 13 heteroatoms. The summed E-state index contributed by atoms with van der Waals surface area (Å²) in [7, 11) is 1.43. The molecule has 0 fully saturated rings. The normalized spacial score (nSPS) is 13.5. The first kappa shape index (κ1) is 32.2. The number of carbonyl (C=O) groups is 4. The van der Waals surface area contributed by atoms with Crippen molar-refractivity contribution in [1.29, 1.82) is 0 Å². The number of primary amides is 1. The number of halogens is 4. The lowest BCUT2D eigenvalue weighted by molar-refractivity contribution is -0.174. The van der Waals surface area contributed by atoms with Crippen molar-refractivity contribution in [3.63, 3.8) is 0 Å². The topological polar surface area (TPSA) is 140 Å². The molecule has 0 aliphatic carbocycles. The molecule has 0 saturated carbocycles. The second-order valence-electron chi connectivity index (χ2n) is 9.17. The number of benzene rings is 2. The van der Waals surface area contributed by atoms with Gasteiger partial charge in [-0.15, -0.1) is 0 Å². The minimum absolute atomic E-state index is 0.109. The van der Waals surface area contributed by atoms with E-state index in [0.29, 0.717) is 11.3 Å². The molecule has 0 radical (unpaired) electrons. The molecule has 9 nitrogen and oxygen atoms in total. The van der Waals surface area contributed by atoms with Crippen LogP contribution in [-0.2, 0) is 14.4 Å². The molecule has 216 valence electrons. The van der Waals surface area contributed by atoms with Crippen LogP contribution in [0.2, 0.25) is 5.02 Å². The molecule has 3 amide bonds. The van der Waals surface area contributed by atoms with Crippen LogP contribution in [0.5, 0.6) is 5.75 Å². The molecule has 0 saturated heterocycles. The van der Waals surface area contributed by atoms with Gasteiger partial charge in [-0.1, -0.05) is 50.2 Å². The van der Waals surface area contributed by atoms with Gasteiger partial charge in [-0.05, 0) is 41.8 Å². The van der Waals surface area contributed by atoms with E-state index in [4.69, 9.17) is 22.1 Å². The van der Waals surface area contributed by atoms with Crippen LogP contribution >= 0.6 is 11.6 Å². The summed E-state index contributed by atoms with van der Waals surface area (Å²) in [5.41, 5.74) is 5.62. The minimum atomic E-state index is -5.11. The maximum atomic E-state index is 13.3. The molecule has 2 rings (SSSR count). The van der Waals surface area contributed by atoms with E-state index in [0.717, 1.165) is 0 Å². The van der Waals surface area contributed by atoms with E-state index in [2.05, 4.69) is 22.5 Å². The maximum Gasteiger partial charge on any atom is 0.452 e. The molecule has 0 aromatic heterocycles. The Bertz CT molecular complexity index is 1250. The second-order valence-corrected chi connectivity index (χ2v) is 9.61. The number of hydrogen-bond donors (Lipinski definition) is 4. The van der Waals surface area contributed by atoms with Crippen molar-refractivity contribution < 1.29 is 37.1 Å². The third-order valence-corrected chi connectivity index (χ3v) is 6.00. The molecule has 0 heterocycles. The Morgan fingerprint density at radius 3 is 2.15 bits per heavy atom. The lowest BCUT2D eigenvalue weighted by Gasteiger charge is -2.30. The van der Waals surface area contributed by atoms with Gasteiger partial charge in [0.1, 0.15) is 11.8 Å². The van der Waals surface area contributed by atoms with Crippen LogP contribution in [0, 0.1) is 5.92 Å². The van der Waals surface area contributed by atoms with E-state index in [1.165, 1.54) is 57.4 Å². The molecule has 2 aromatic carbocycles. The van der Waals surface area contributed by atoms with Gasteiger partial charge < -0.3 is 26.4 Å². The summed E-state index contributed by atoms with van der Waals surface area (Å²) in [6, 6.07) is 7.64. The fourth-order valence-electron chi connectivity index (χ4n) is 3.69. The van der Waals surface area contributed by atoms with Crippen LogP contribution in [0.25, 0.3) is 0 Å². The highest BCUT2D eigenvalue weighted by Crippen LogP contribution is 2.26. The first-order chi connectivity index (χ1) is 18.6. The monoisotopic (exact) mass is 582 g/mol. The predicted octanol–water partition coefficient (Wildman–Crippen LogP) is 3.44. The maximum absolute atomic E-state index is 13.3. The smallest absolute Gasteiger partial charge is 0.452 e. The van der Waals surface area contributed by atoms with Gasteiger partial charge in [0, 0.05) is 16.3 Å². The van der Waals surface area contributed by atoms with Crippen LogP contribution in [0.4, 0.5) is 13.2 Å². The van der Waals surface area contributed by atoms with Crippen LogP contribution in [0.3, 0.4) is 0 Å². The SMILES string of the molecule is C=C(N[C@H](C(=O)C(F)(F)F)C(C)C)C(NC(=O)[C@H](CC(N)=O)NC(=O)c1cccc(Cl)c1)c1ccc(OC)cc1. The van der Waals surface area contributed by atoms with Crippen molar-refractivity contribution in [3.8, 4) is 5.75 Å². The fourth-order valence-corrected chi connectivity index (χ4v) is 3.88. The van der Waals surface area contributed by atoms with E-state index >= 15 is 0 Å². The van der Waals surface area contributed by atoms with E-state index in [1.807, 2.05) is 0 Å². The zero-order valence-corrected chi connectivity index (χ0v) is 22.7. The molecular weight excluding hydrogens is 553 g/mol. The number of alkyl halides is 3. The van der Waals surface area contributed by atoms with Crippen LogP contribution in [0.15, 0.2) is 60.8 Å². The number of rotatable bonds is 13. The van der Waals surface area contributed by atoms with Crippen molar-refractivity contribution >= 4 is 35.1 Å². The van der Waals surface area contributed by atoms with Crippen molar-refractivity contribution in [3.05, 3.63) is 77.0 Å². The Kier molecular flexibility index (Phi) is 11.1. The highest BCUT2D eigenvalue weighted by atomic mass is 35.5. The summed E-state index contributed by atoms with van der Waals surface area (Å²) in [6.07, 6.45) is -5.70. The van der Waals surface area contributed by atoms with Crippen LogP contribution < -0.4 is 26.4 Å². The Morgan fingerprint density at radius 2 is 1.65 bits per heavy atom. The standard InChI is InChI=1S/C27H30ClF3N4O5/c1-14(2)22(24(37)27(29,30)31)33-15(3)23(16-8-10-19(40-4)11-9-16)35-26(39)20(13-21(32)36)34-25(38)17-6-5-7-18(28)12-17/h5-12,14,20,22-23,33H,3,13H2,1-2,4H3,(H2,32,36)(H,34,38)(H,35,39)/t20-,22-,23?/m0/s1. The number of ether oxygens (including phenoxy) is 1. The third-order valence-electron chi connectivity index (χ3n) is 5.77. The van der Waals surface area contributed by atoms with Gasteiger partial charge in [0.05, 0.1) is 25.6 Å². The zero-order valence-electron chi connectivity index (χ0n) is 22.0. The van der Waals surface area contributed by atoms with E-state index in [-0.39, 0.29) is 16.3 Å². The molecule has 0 bridgehead atoms. The fraction of sp³-hybridized carbons (Fsp3) is 0.333. The highest BCUT2D eigenvalue weighted by Gasteiger charge is 2.45. The number of Topliss-reactive ketones (excluding diaryl/α,β-unsaturated/α-hetero) is 1. The van der Waals surface area contributed by atoms with Crippen molar-refractivity contribution in [1.82, 2.24) is 16.0 Å². The highest BCUT2D eigenvalue weighted by molar-refractivity contribution is 6.31. The van der Waals surface area contributed by atoms with Crippen LogP contribution in [0.1, 0.15) is 42.2 Å². The first-order valence-corrected chi connectivity index (χ1v) is 12.4. The summed E-state index contributed by atoms with van der Waals surface area (Å²) in [5, 5.41) is 7.77. The molecule has 0 aliphatic rings. The van der Waals surface area contributed by atoms with E-state index in [9.17, 15) is 32.3 Å². The second kappa shape index (κ2) is 13.8. The molecule has 1 unspecified atom stereocenters. The van der Waals surface area contributed by atoms with Crippen molar-refractivity contribution in [2.45, 2.75) is 44.6 Å². The average molecular weight is 583 g/mol. The number of nitrogens with one attached hydrogen (secondary N) is 3. The molecule has 40 heavy (non-hydrogen) atoms. The van der Waals surface area contributed by atoms with Gasteiger partial charge >= 0.3 is 6.18 Å². The molecular formula is C27H30ClF3N4O5. The summed E-state index contributed by atoms with van der Waals surface area (Å²) >= 11 is 5.93. The van der Waals surface area contributed by atoms with E-state index < -0.39 is 60.1 Å². The molecule has 0 aliphatic heterocycles. The lowest BCUT2D eigenvalue weighted by Crippen LogP contribution is -2.52. The molecule has 5 N–H and O–H groups in total. The summed E-state index contributed by atoms with van der Waals surface area (Å²) in [6.45, 7) is 6.62. The Labute approximate surface area is 234 Å². The molecule has 2 aromatic rings. The first-order valence-electron chi connectivity index (χ1n) is 12.0. The summed E-state index contributed by atoms with van der Waals surface area (Å²) in [4.78, 5) is 49.9. The number of nitrogens with two attached hydrogens (primary N) is 1. The van der Waals surface area contributed by atoms with E-state index in [1.54, 1.807) is 12.1 Å². The van der Waals surface area contributed by atoms with Gasteiger partial charge in [-0.2, -0.15) is 13.2 Å². The lowest BCUT2D eigenvalue weighted by atomic mass is 9.96. The number of ketones is 1. The van der Waals surface area contributed by atoms with Gasteiger partial charge in [0.2, 0.25) is 11.8 Å². The average Bonchev–Trinajstić information content (AvgIpc) is 2.88. The Hall–Kier alpha value is -4.06. The Morgan fingerprint density at radius 1 is 1.02 bits per heavy atom. The largest absolute Gasteiger partial charge is 0.497 e. The van der Waals surface area contributed by atoms with Crippen LogP contribution in [-0.4, -0.2) is 48.9 Å². The van der Waals surface area contributed by atoms with Gasteiger partial charge in [0.15, 0.2) is 0 Å². The third kappa shape index (κ3) is 9.01. The van der Waals surface area contributed by atoms with Gasteiger partial charge in [-0.3, -0.25) is 19.2 Å². The van der Waals surface area contributed by atoms with Gasteiger partial charge in [-0.25, -0.2) is 0 Å². The molecule has 3 atom stereocenters. The number of amides is 3. The van der Waals surface area contributed by atoms with Gasteiger partial charge in [0.25, 0.3) is 11.7 Å². The number of hydrogen-bond acceptors (Lipinski definition) is 6.